The molecule has 0 saturated heterocycles. The van der Waals surface area contributed by atoms with Crippen LogP contribution in [0.15, 0.2) is 77.7 Å². The second-order valence-corrected chi connectivity index (χ2v) is 12.6. The largest absolute Gasteiger partial charge is 0.352 e. The summed E-state index contributed by atoms with van der Waals surface area (Å²) in [5, 5.41) is 3.10. The zero-order valence-corrected chi connectivity index (χ0v) is 24.6. The molecule has 0 heterocycles. The van der Waals surface area contributed by atoms with Gasteiger partial charge in [-0.05, 0) is 75.4 Å². The van der Waals surface area contributed by atoms with Crippen molar-refractivity contribution in [1.29, 1.82) is 0 Å². The molecule has 8 heteroatoms. The van der Waals surface area contributed by atoms with Crippen LogP contribution in [0.4, 0.5) is 5.69 Å². The number of amides is 2. The van der Waals surface area contributed by atoms with Gasteiger partial charge in [0.25, 0.3) is 10.0 Å². The van der Waals surface area contributed by atoms with Crippen LogP contribution in [0, 0.1) is 20.8 Å². The molecule has 1 aliphatic rings. The molecule has 7 nitrogen and oxygen atoms in total. The van der Waals surface area contributed by atoms with Crippen LogP contribution in [0.1, 0.15) is 54.9 Å². The minimum absolute atomic E-state index is 0.105. The molecule has 0 aliphatic heterocycles. The van der Waals surface area contributed by atoms with Crippen molar-refractivity contribution in [1.82, 2.24) is 10.2 Å². The van der Waals surface area contributed by atoms with Crippen molar-refractivity contribution in [3.8, 4) is 0 Å². The molecule has 40 heavy (non-hydrogen) atoms. The van der Waals surface area contributed by atoms with Gasteiger partial charge in [0.15, 0.2) is 0 Å². The molecule has 0 aromatic heterocycles. The highest BCUT2D eigenvalue weighted by Crippen LogP contribution is 2.29. The minimum Gasteiger partial charge on any atom is -0.352 e. The number of rotatable bonds is 10. The monoisotopic (exact) mass is 561 g/mol. The first kappa shape index (κ1) is 29.3. The second-order valence-electron chi connectivity index (χ2n) is 10.7. The van der Waals surface area contributed by atoms with Crippen molar-refractivity contribution in [2.45, 2.75) is 76.9 Å². The SMILES string of the molecule is Cc1ccc(S(=O)(=O)N(CC(=O)N(Cc2ccccc2)[C@@H](C)C(=O)NC2CCCC2)c2cccc(C)c2C)cc1. The van der Waals surface area contributed by atoms with Gasteiger partial charge in [0.05, 0.1) is 10.6 Å². The smallest absolute Gasteiger partial charge is 0.264 e. The number of carbonyl (C=O) groups is 2. The molecule has 0 radical (unpaired) electrons. The molecule has 0 spiro atoms. The van der Waals surface area contributed by atoms with Gasteiger partial charge < -0.3 is 10.2 Å². The molecule has 1 saturated carbocycles. The van der Waals surface area contributed by atoms with Crippen LogP contribution in [0.2, 0.25) is 0 Å². The molecular weight excluding hydrogens is 522 g/mol. The van der Waals surface area contributed by atoms with Crippen molar-refractivity contribution < 1.29 is 18.0 Å². The number of aryl methyl sites for hydroxylation is 2. The fraction of sp³-hybridized carbons (Fsp3) is 0.375. The fourth-order valence-electron chi connectivity index (χ4n) is 5.11. The molecule has 3 aromatic carbocycles. The predicted molar refractivity (Wildman–Crippen MR) is 158 cm³/mol. The number of sulfonamides is 1. The molecule has 0 bridgehead atoms. The van der Waals surface area contributed by atoms with Crippen LogP contribution in [-0.4, -0.2) is 43.8 Å². The van der Waals surface area contributed by atoms with E-state index in [9.17, 15) is 18.0 Å². The van der Waals surface area contributed by atoms with E-state index in [-0.39, 0.29) is 23.4 Å². The molecule has 4 rings (SSSR count). The quantitative estimate of drug-likeness (QED) is 0.365. The normalized spacial score (nSPS) is 14.5. The summed E-state index contributed by atoms with van der Waals surface area (Å²) in [6.45, 7) is 7.11. The van der Waals surface area contributed by atoms with Crippen molar-refractivity contribution in [2.75, 3.05) is 10.8 Å². The molecular formula is C32H39N3O4S. The van der Waals surface area contributed by atoms with Crippen molar-refractivity contribution in [3.63, 3.8) is 0 Å². The number of anilines is 1. The van der Waals surface area contributed by atoms with E-state index in [4.69, 9.17) is 0 Å². The van der Waals surface area contributed by atoms with E-state index in [2.05, 4.69) is 5.32 Å². The number of nitrogens with zero attached hydrogens (tertiary/aromatic N) is 2. The van der Waals surface area contributed by atoms with Crippen LogP contribution >= 0.6 is 0 Å². The number of hydrogen-bond donors (Lipinski definition) is 1. The molecule has 1 aliphatic carbocycles. The van der Waals surface area contributed by atoms with Gasteiger partial charge in [-0.15, -0.1) is 0 Å². The van der Waals surface area contributed by atoms with E-state index in [0.717, 1.165) is 47.9 Å². The first-order valence-electron chi connectivity index (χ1n) is 13.9. The first-order valence-corrected chi connectivity index (χ1v) is 15.3. The van der Waals surface area contributed by atoms with Crippen LogP contribution in [0.3, 0.4) is 0 Å². The van der Waals surface area contributed by atoms with Crippen LogP contribution < -0.4 is 9.62 Å². The van der Waals surface area contributed by atoms with Crippen molar-refractivity contribution in [3.05, 3.63) is 95.1 Å². The van der Waals surface area contributed by atoms with E-state index < -0.39 is 28.5 Å². The Morgan fingerprint density at radius 2 is 1.55 bits per heavy atom. The summed E-state index contributed by atoms with van der Waals surface area (Å²) in [6.07, 6.45) is 4.02. The number of benzene rings is 3. The Morgan fingerprint density at radius 1 is 0.900 bits per heavy atom. The van der Waals surface area contributed by atoms with E-state index >= 15 is 0 Å². The standard InChI is InChI=1S/C32H39N3O4S/c1-23-17-19-29(20-18-23)40(38,39)35(30-16-10-11-24(2)25(30)3)22-31(36)34(21-27-12-6-5-7-13-27)26(4)32(37)33-28-14-8-9-15-28/h5-7,10-13,16-20,26,28H,8-9,14-15,21-22H2,1-4H3,(H,33,37)/t26-/m0/s1. The average Bonchev–Trinajstić information content (AvgIpc) is 3.45. The Bertz CT molecular complexity index is 1430. The van der Waals surface area contributed by atoms with Crippen molar-refractivity contribution >= 4 is 27.5 Å². The van der Waals surface area contributed by atoms with Gasteiger partial charge in [0.2, 0.25) is 11.8 Å². The Labute approximate surface area is 238 Å². The summed E-state index contributed by atoms with van der Waals surface area (Å²) in [4.78, 5) is 29.0. The highest BCUT2D eigenvalue weighted by atomic mass is 32.2. The predicted octanol–water partition coefficient (Wildman–Crippen LogP) is 5.28. The lowest BCUT2D eigenvalue weighted by molar-refractivity contribution is -0.139. The Balaban J connectivity index is 1.71. The van der Waals surface area contributed by atoms with Gasteiger partial charge in [0, 0.05) is 12.6 Å². The Kier molecular flexibility index (Phi) is 9.30. The summed E-state index contributed by atoms with van der Waals surface area (Å²) in [5.74, 6) is -0.676. The lowest BCUT2D eigenvalue weighted by Crippen LogP contribution is -2.52. The van der Waals surface area contributed by atoms with Gasteiger partial charge in [-0.1, -0.05) is 73.0 Å². The van der Waals surface area contributed by atoms with E-state index in [1.165, 1.54) is 9.21 Å². The zero-order chi connectivity index (χ0) is 28.9. The topological polar surface area (TPSA) is 86.8 Å². The molecule has 1 atom stereocenters. The lowest BCUT2D eigenvalue weighted by Gasteiger charge is -2.33. The van der Waals surface area contributed by atoms with E-state index in [1.807, 2.05) is 57.2 Å². The van der Waals surface area contributed by atoms with Gasteiger partial charge in [-0.25, -0.2) is 8.42 Å². The zero-order valence-electron chi connectivity index (χ0n) is 23.8. The lowest BCUT2D eigenvalue weighted by atomic mass is 10.1. The minimum atomic E-state index is -4.09. The Hall–Kier alpha value is -3.65. The summed E-state index contributed by atoms with van der Waals surface area (Å²) in [6, 6.07) is 20.8. The van der Waals surface area contributed by atoms with Crippen molar-refractivity contribution in [2.24, 2.45) is 0 Å². The van der Waals surface area contributed by atoms with Gasteiger partial charge in [-0.2, -0.15) is 0 Å². The van der Waals surface area contributed by atoms with E-state index in [0.29, 0.717) is 5.69 Å². The number of nitrogens with one attached hydrogen (secondary N) is 1. The third-order valence-electron chi connectivity index (χ3n) is 7.80. The summed E-state index contributed by atoms with van der Waals surface area (Å²) in [7, 11) is -4.09. The number of carbonyl (C=O) groups excluding carboxylic acids is 2. The van der Waals surface area contributed by atoms with E-state index in [1.54, 1.807) is 43.3 Å². The molecule has 1 N–H and O–H groups in total. The Morgan fingerprint density at radius 3 is 2.20 bits per heavy atom. The third-order valence-corrected chi connectivity index (χ3v) is 9.57. The first-order chi connectivity index (χ1) is 19.1. The summed E-state index contributed by atoms with van der Waals surface area (Å²) >= 11 is 0. The highest BCUT2D eigenvalue weighted by molar-refractivity contribution is 7.92. The molecule has 2 amide bonds. The third kappa shape index (κ3) is 6.73. The summed E-state index contributed by atoms with van der Waals surface area (Å²) < 4.78 is 29.3. The van der Waals surface area contributed by atoms with Crippen LogP contribution in [-0.2, 0) is 26.2 Å². The second kappa shape index (κ2) is 12.7. The van der Waals surface area contributed by atoms with Gasteiger partial charge in [0.1, 0.15) is 12.6 Å². The maximum absolute atomic E-state index is 14.1. The summed E-state index contributed by atoms with van der Waals surface area (Å²) in [5.41, 5.74) is 3.92. The molecule has 1 fully saturated rings. The maximum atomic E-state index is 14.1. The van der Waals surface area contributed by atoms with Gasteiger partial charge >= 0.3 is 0 Å². The highest BCUT2D eigenvalue weighted by Gasteiger charge is 2.34. The maximum Gasteiger partial charge on any atom is 0.264 e. The average molecular weight is 562 g/mol. The number of hydrogen-bond acceptors (Lipinski definition) is 4. The molecule has 212 valence electrons. The molecule has 0 unspecified atom stereocenters. The fourth-order valence-corrected chi connectivity index (χ4v) is 6.58. The van der Waals surface area contributed by atoms with Crippen LogP contribution in [0.25, 0.3) is 0 Å². The molecule has 3 aromatic rings. The van der Waals surface area contributed by atoms with Gasteiger partial charge in [-0.3, -0.25) is 13.9 Å². The van der Waals surface area contributed by atoms with Crippen LogP contribution in [0.5, 0.6) is 0 Å².